The molecule has 5 heterocycles. The summed E-state index contributed by atoms with van der Waals surface area (Å²) in [4.78, 5) is 31.9. The van der Waals surface area contributed by atoms with Gasteiger partial charge >= 0.3 is 0 Å². The highest BCUT2D eigenvalue weighted by Gasteiger charge is 2.44. The molecule has 0 unspecified atom stereocenters. The van der Waals surface area contributed by atoms with Crippen LogP contribution in [0.25, 0.3) is 0 Å². The third-order valence-electron chi connectivity index (χ3n) is 6.39. The quantitative estimate of drug-likeness (QED) is 0.783. The van der Waals surface area contributed by atoms with E-state index in [1.807, 2.05) is 17.7 Å². The van der Waals surface area contributed by atoms with Crippen molar-refractivity contribution in [2.24, 2.45) is 0 Å². The van der Waals surface area contributed by atoms with Crippen molar-refractivity contribution in [1.29, 1.82) is 0 Å². The molecular weight excluding hydrogens is 374 g/mol. The van der Waals surface area contributed by atoms with Crippen LogP contribution in [-0.2, 0) is 28.0 Å². The molecule has 1 N–H and O–H groups in total. The van der Waals surface area contributed by atoms with Crippen LogP contribution in [0.2, 0.25) is 0 Å². The van der Waals surface area contributed by atoms with Crippen molar-refractivity contribution < 1.29 is 14.3 Å². The minimum absolute atomic E-state index is 0.0325. The Hall–Kier alpha value is -2.75. The van der Waals surface area contributed by atoms with Crippen molar-refractivity contribution in [3.63, 3.8) is 0 Å². The lowest BCUT2D eigenvalue weighted by Gasteiger charge is -2.31. The van der Waals surface area contributed by atoms with Crippen LogP contribution in [0.3, 0.4) is 0 Å². The molecule has 0 bridgehead atoms. The Bertz CT molecular complexity index is 973. The van der Waals surface area contributed by atoms with Crippen LogP contribution in [0.5, 0.6) is 0 Å². The Morgan fingerprint density at radius 3 is 2.79 bits per heavy atom. The first kappa shape index (κ1) is 18.3. The molecule has 2 aromatic heterocycles. The first-order valence-corrected chi connectivity index (χ1v) is 10.1. The summed E-state index contributed by atoms with van der Waals surface area (Å²) < 4.78 is 9.15. The van der Waals surface area contributed by atoms with Crippen LogP contribution in [0.4, 0.5) is 5.82 Å². The monoisotopic (exact) mass is 399 g/mol. The number of likely N-dealkylation sites (N-methyl/N-ethyl adjacent to an activating group) is 1. The summed E-state index contributed by atoms with van der Waals surface area (Å²) >= 11 is 0. The summed E-state index contributed by atoms with van der Waals surface area (Å²) in [6.07, 6.45) is 3.27. The second-order valence-corrected chi connectivity index (χ2v) is 8.20. The van der Waals surface area contributed by atoms with Crippen LogP contribution < -0.4 is 10.2 Å². The van der Waals surface area contributed by atoms with Crippen LogP contribution in [0.15, 0.2) is 6.07 Å². The lowest BCUT2D eigenvalue weighted by atomic mass is 9.78. The molecule has 0 aromatic carbocycles. The maximum atomic E-state index is 12.9. The third-order valence-corrected chi connectivity index (χ3v) is 6.39. The fourth-order valence-electron chi connectivity index (χ4n) is 4.70. The number of aryl methyl sites for hydroxylation is 3. The fraction of sp³-hybridized carbons (Fsp3) is 0.632. The molecular formula is C19H25N7O3. The Morgan fingerprint density at radius 2 is 2.00 bits per heavy atom. The van der Waals surface area contributed by atoms with Crippen LogP contribution in [-0.4, -0.2) is 62.7 Å². The number of carbonyl (C=O) groups excluding carboxylic acids is 2. The third kappa shape index (κ3) is 2.93. The molecule has 29 heavy (non-hydrogen) atoms. The van der Waals surface area contributed by atoms with E-state index in [9.17, 15) is 9.59 Å². The van der Waals surface area contributed by atoms with Gasteiger partial charge in [0.2, 0.25) is 5.82 Å². The van der Waals surface area contributed by atoms with E-state index in [2.05, 4.69) is 20.5 Å². The molecule has 0 aliphatic carbocycles. The first-order chi connectivity index (χ1) is 14.0. The Kier molecular flexibility index (Phi) is 4.19. The molecule has 1 saturated heterocycles. The van der Waals surface area contributed by atoms with E-state index in [0.29, 0.717) is 26.2 Å². The number of nitrogens with one attached hydrogen (secondary N) is 1. The zero-order chi connectivity index (χ0) is 20.2. The first-order valence-electron chi connectivity index (χ1n) is 10.1. The van der Waals surface area contributed by atoms with E-state index in [1.54, 1.807) is 16.6 Å². The standard InChI is InChI=1S/C19H25N7O3/c1-12-11-14-24(2)17(28)13(3-7-25(14)22-12)20-16(27)15-21-18-19(4-8-26(18)23-15)5-9-29-10-6-19/h11,13H,3-10H2,1-2H3,(H,20,27)/t13-/m0/s1. The number of nitrogens with zero attached hydrogens (tertiary/aromatic N) is 6. The second kappa shape index (κ2) is 6.65. The van der Waals surface area contributed by atoms with E-state index < -0.39 is 11.9 Å². The van der Waals surface area contributed by atoms with Crippen molar-refractivity contribution in [3.8, 4) is 0 Å². The average molecular weight is 399 g/mol. The summed E-state index contributed by atoms with van der Waals surface area (Å²) in [5.41, 5.74) is 0.829. The number of carbonyl (C=O) groups is 2. The summed E-state index contributed by atoms with van der Waals surface area (Å²) in [5.74, 6) is 1.19. The predicted octanol–water partition coefficient (Wildman–Crippen LogP) is 0.400. The SMILES string of the molecule is Cc1cc2n(n1)CC[C@H](NC(=O)c1nc3n(n1)CCC31CCOCC1)C(=O)N2C. The smallest absolute Gasteiger partial charge is 0.291 e. The van der Waals surface area contributed by atoms with Gasteiger partial charge in [-0.2, -0.15) is 5.10 Å². The molecule has 2 amide bonds. The molecule has 1 spiro atoms. The zero-order valence-corrected chi connectivity index (χ0v) is 16.7. The molecule has 0 radical (unpaired) electrons. The maximum absolute atomic E-state index is 12.9. The lowest BCUT2D eigenvalue weighted by Crippen LogP contribution is -2.47. The molecule has 3 aliphatic heterocycles. The van der Waals surface area contributed by atoms with E-state index in [-0.39, 0.29) is 17.1 Å². The van der Waals surface area contributed by atoms with Crippen molar-refractivity contribution >= 4 is 17.6 Å². The maximum Gasteiger partial charge on any atom is 0.291 e. The van der Waals surface area contributed by atoms with E-state index in [0.717, 1.165) is 43.1 Å². The molecule has 10 heteroatoms. The molecule has 3 aliphatic rings. The summed E-state index contributed by atoms with van der Waals surface area (Å²) in [6.45, 7) is 4.65. The molecule has 154 valence electrons. The lowest BCUT2D eigenvalue weighted by molar-refractivity contribution is -0.120. The Morgan fingerprint density at radius 1 is 1.21 bits per heavy atom. The van der Waals surface area contributed by atoms with Gasteiger partial charge in [-0.1, -0.05) is 0 Å². The van der Waals surface area contributed by atoms with Crippen LogP contribution >= 0.6 is 0 Å². The van der Waals surface area contributed by atoms with Gasteiger partial charge in [0.15, 0.2) is 0 Å². The Labute approximate surface area is 168 Å². The predicted molar refractivity (Wildman–Crippen MR) is 103 cm³/mol. The number of anilines is 1. The number of rotatable bonds is 2. The van der Waals surface area contributed by atoms with E-state index in [4.69, 9.17) is 4.74 Å². The van der Waals surface area contributed by atoms with Gasteiger partial charge in [0.05, 0.1) is 5.69 Å². The highest BCUT2D eigenvalue weighted by atomic mass is 16.5. The average Bonchev–Trinajstić information content (AvgIpc) is 3.38. The molecule has 1 fully saturated rings. The van der Waals surface area contributed by atoms with Crippen molar-refractivity contribution in [1.82, 2.24) is 29.9 Å². The number of aromatic nitrogens is 5. The molecule has 2 aromatic rings. The van der Waals surface area contributed by atoms with Crippen molar-refractivity contribution in [2.45, 2.75) is 57.2 Å². The molecule has 1 atom stereocenters. The number of ether oxygens (including phenoxy) is 1. The number of hydrogen-bond acceptors (Lipinski definition) is 6. The molecule has 5 rings (SSSR count). The fourth-order valence-corrected chi connectivity index (χ4v) is 4.70. The van der Waals surface area contributed by atoms with Gasteiger partial charge in [-0.15, -0.1) is 5.10 Å². The minimum atomic E-state index is -0.634. The van der Waals surface area contributed by atoms with Gasteiger partial charge < -0.3 is 10.1 Å². The van der Waals surface area contributed by atoms with Crippen LogP contribution in [0.1, 0.15) is 47.8 Å². The second-order valence-electron chi connectivity index (χ2n) is 8.20. The normalized spacial score (nSPS) is 23.0. The Balaban J connectivity index is 1.33. The molecule has 10 nitrogen and oxygen atoms in total. The highest BCUT2D eigenvalue weighted by Crippen LogP contribution is 2.41. The topological polar surface area (TPSA) is 107 Å². The van der Waals surface area contributed by atoms with Crippen molar-refractivity contribution in [2.75, 3.05) is 25.2 Å². The number of amides is 2. The summed E-state index contributed by atoms with van der Waals surface area (Å²) in [6, 6.07) is 1.24. The van der Waals surface area contributed by atoms with Gasteiger partial charge in [0.25, 0.3) is 11.8 Å². The van der Waals surface area contributed by atoms with Gasteiger partial charge in [-0.3, -0.25) is 14.5 Å². The zero-order valence-electron chi connectivity index (χ0n) is 16.7. The van der Waals surface area contributed by atoms with E-state index in [1.165, 1.54) is 0 Å². The van der Waals surface area contributed by atoms with Crippen molar-refractivity contribution in [3.05, 3.63) is 23.4 Å². The highest BCUT2D eigenvalue weighted by molar-refractivity contribution is 6.00. The number of hydrogen-bond donors (Lipinski definition) is 1. The summed E-state index contributed by atoms with van der Waals surface area (Å²) in [5, 5.41) is 11.7. The largest absolute Gasteiger partial charge is 0.381 e. The van der Waals surface area contributed by atoms with Gasteiger partial charge in [0.1, 0.15) is 17.7 Å². The van der Waals surface area contributed by atoms with Gasteiger partial charge in [-0.25, -0.2) is 14.3 Å². The van der Waals surface area contributed by atoms with Gasteiger partial charge in [-0.05, 0) is 32.6 Å². The minimum Gasteiger partial charge on any atom is -0.381 e. The van der Waals surface area contributed by atoms with Crippen LogP contribution in [0, 0.1) is 6.92 Å². The summed E-state index contributed by atoms with van der Waals surface area (Å²) in [7, 11) is 1.71. The van der Waals surface area contributed by atoms with Gasteiger partial charge in [0, 0.05) is 44.8 Å². The molecule has 0 saturated carbocycles. The number of fused-ring (bicyclic) bond motifs is 3. The van der Waals surface area contributed by atoms with E-state index >= 15 is 0 Å².